The van der Waals surface area contributed by atoms with Crippen molar-refractivity contribution in [3.05, 3.63) is 101 Å². The molecule has 164 valence electrons. The monoisotopic (exact) mass is 439 g/mol. The first-order valence-electron chi connectivity index (χ1n) is 9.48. The van der Waals surface area contributed by atoms with E-state index in [1.54, 1.807) is 42.5 Å². The molecule has 0 saturated heterocycles. The van der Waals surface area contributed by atoms with Gasteiger partial charge >= 0.3 is 0 Å². The summed E-state index contributed by atoms with van der Waals surface area (Å²) in [6.45, 7) is 0. The first-order valence-corrected chi connectivity index (χ1v) is 9.48. The lowest BCUT2D eigenvalue weighted by atomic mass is 10.1. The van der Waals surface area contributed by atoms with Crippen LogP contribution in [0.5, 0.6) is 0 Å². The van der Waals surface area contributed by atoms with Gasteiger partial charge in [-0.3, -0.25) is 14.4 Å². The van der Waals surface area contributed by atoms with Crippen LogP contribution in [0.2, 0.25) is 0 Å². The molecule has 0 aliphatic carbocycles. The Hall–Kier alpha value is -4.27. The Bertz CT molecular complexity index is 1150. The van der Waals surface area contributed by atoms with Gasteiger partial charge in [0.05, 0.1) is 6.26 Å². The zero-order valence-corrected chi connectivity index (χ0v) is 16.9. The fraction of sp³-hybridized carbons (Fsp3) is 0.0870. The van der Waals surface area contributed by atoms with Crippen molar-refractivity contribution in [2.45, 2.75) is 6.04 Å². The molecule has 3 N–H and O–H groups in total. The lowest BCUT2D eigenvalue weighted by molar-refractivity contribution is -0.127. The van der Waals surface area contributed by atoms with E-state index in [1.807, 2.05) is 0 Å². The summed E-state index contributed by atoms with van der Waals surface area (Å²) in [6.07, 6.45) is 2.66. The first kappa shape index (κ1) is 22.4. The molecule has 1 atom stereocenters. The highest BCUT2D eigenvalue weighted by atomic mass is 19.2. The van der Waals surface area contributed by atoms with E-state index in [1.165, 1.54) is 25.5 Å². The van der Waals surface area contributed by atoms with E-state index in [0.29, 0.717) is 5.56 Å². The maximum atomic E-state index is 13.7. The lowest BCUT2D eigenvalue weighted by Gasteiger charge is -2.19. The molecule has 3 amide bonds. The normalized spacial score (nSPS) is 12.0. The number of carbonyl (C=O) groups is 3. The third kappa shape index (κ3) is 5.45. The Morgan fingerprint density at radius 3 is 2.34 bits per heavy atom. The highest BCUT2D eigenvalue weighted by molar-refractivity contribution is 6.06. The SMILES string of the molecule is CNC(=O)C(NC(=O)C(=Cc1ccco1)NC(=O)c1ccccc1)c1ccc(F)c(F)c1. The second-order valence-electron chi connectivity index (χ2n) is 6.59. The number of nitrogens with one attached hydrogen (secondary N) is 3. The van der Waals surface area contributed by atoms with E-state index in [-0.39, 0.29) is 17.0 Å². The summed E-state index contributed by atoms with van der Waals surface area (Å²) >= 11 is 0. The maximum absolute atomic E-state index is 13.7. The number of halogens is 2. The van der Waals surface area contributed by atoms with Crippen LogP contribution < -0.4 is 16.0 Å². The molecule has 0 aliphatic heterocycles. The largest absolute Gasteiger partial charge is 0.465 e. The van der Waals surface area contributed by atoms with Gasteiger partial charge in [0.2, 0.25) is 5.91 Å². The molecule has 7 nitrogen and oxygen atoms in total. The Morgan fingerprint density at radius 1 is 0.969 bits per heavy atom. The molecule has 0 radical (unpaired) electrons. The van der Waals surface area contributed by atoms with Crippen LogP contribution >= 0.6 is 0 Å². The van der Waals surface area contributed by atoms with Crippen molar-refractivity contribution in [2.75, 3.05) is 7.05 Å². The Balaban J connectivity index is 1.90. The van der Waals surface area contributed by atoms with Crippen LogP contribution in [0.1, 0.15) is 27.7 Å². The molecule has 1 aromatic heterocycles. The zero-order valence-electron chi connectivity index (χ0n) is 16.9. The summed E-state index contributed by atoms with van der Waals surface area (Å²) in [5.41, 5.74) is 0.0997. The second kappa shape index (κ2) is 10.2. The van der Waals surface area contributed by atoms with E-state index in [9.17, 15) is 23.2 Å². The second-order valence-corrected chi connectivity index (χ2v) is 6.59. The van der Waals surface area contributed by atoms with Gasteiger partial charge in [-0.15, -0.1) is 0 Å². The minimum absolute atomic E-state index is 0.0170. The van der Waals surface area contributed by atoms with Crippen molar-refractivity contribution in [3.8, 4) is 0 Å². The number of hydrogen-bond donors (Lipinski definition) is 3. The quantitative estimate of drug-likeness (QED) is 0.493. The summed E-state index contributed by atoms with van der Waals surface area (Å²) in [7, 11) is 1.33. The van der Waals surface area contributed by atoms with Gasteiger partial charge in [0.15, 0.2) is 11.6 Å². The van der Waals surface area contributed by atoms with Crippen molar-refractivity contribution in [1.29, 1.82) is 0 Å². The van der Waals surface area contributed by atoms with E-state index >= 15 is 0 Å². The van der Waals surface area contributed by atoms with Crippen LogP contribution in [-0.2, 0) is 9.59 Å². The summed E-state index contributed by atoms with van der Waals surface area (Å²) in [5, 5.41) is 7.28. The smallest absolute Gasteiger partial charge is 0.268 e. The van der Waals surface area contributed by atoms with Gasteiger partial charge in [0.25, 0.3) is 11.8 Å². The number of furan rings is 1. The number of amides is 3. The summed E-state index contributed by atoms with van der Waals surface area (Å²) in [6, 6.07) is 12.8. The number of likely N-dealkylation sites (N-methyl/N-ethyl adjacent to an activating group) is 1. The number of benzene rings is 2. The minimum atomic E-state index is -1.35. The van der Waals surface area contributed by atoms with Gasteiger partial charge in [-0.25, -0.2) is 8.78 Å². The molecule has 0 fully saturated rings. The highest BCUT2D eigenvalue weighted by Gasteiger charge is 2.25. The van der Waals surface area contributed by atoms with Crippen LogP contribution in [0.25, 0.3) is 6.08 Å². The van der Waals surface area contributed by atoms with Crippen LogP contribution in [0.3, 0.4) is 0 Å². The van der Waals surface area contributed by atoms with Gasteiger partial charge < -0.3 is 20.4 Å². The molecule has 1 unspecified atom stereocenters. The first-order chi connectivity index (χ1) is 15.4. The number of rotatable bonds is 7. The van der Waals surface area contributed by atoms with E-state index < -0.39 is 35.4 Å². The Labute approximate surface area is 182 Å². The van der Waals surface area contributed by atoms with Crippen molar-refractivity contribution in [3.63, 3.8) is 0 Å². The lowest BCUT2D eigenvalue weighted by Crippen LogP contribution is -2.42. The van der Waals surface area contributed by atoms with Gasteiger partial charge in [0.1, 0.15) is 17.5 Å². The third-order valence-electron chi connectivity index (χ3n) is 4.42. The fourth-order valence-electron chi connectivity index (χ4n) is 2.80. The van der Waals surface area contributed by atoms with Gasteiger partial charge in [0, 0.05) is 18.7 Å². The molecule has 32 heavy (non-hydrogen) atoms. The average molecular weight is 439 g/mol. The van der Waals surface area contributed by atoms with Gasteiger partial charge in [-0.2, -0.15) is 0 Å². The summed E-state index contributed by atoms with van der Waals surface area (Å²) in [5.74, 6) is -4.07. The zero-order chi connectivity index (χ0) is 23.1. The maximum Gasteiger partial charge on any atom is 0.268 e. The molecular formula is C23H19F2N3O4. The van der Waals surface area contributed by atoms with Gasteiger partial charge in [-0.1, -0.05) is 24.3 Å². The van der Waals surface area contributed by atoms with Crippen LogP contribution in [-0.4, -0.2) is 24.8 Å². The van der Waals surface area contributed by atoms with Crippen LogP contribution in [0, 0.1) is 11.6 Å². The van der Waals surface area contributed by atoms with Gasteiger partial charge in [-0.05, 0) is 42.0 Å². The van der Waals surface area contributed by atoms with Crippen molar-refractivity contribution in [2.24, 2.45) is 0 Å². The molecular weight excluding hydrogens is 420 g/mol. The Kier molecular flexibility index (Phi) is 7.12. The van der Waals surface area contributed by atoms with E-state index in [0.717, 1.165) is 12.1 Å². The van der Waals surface area contributed by atoms with Crippen molar-refractivity contribution < 1.29 is 27.6 Å². The summed E-state index contributed by atoms with van der Waals surface area (Å²) in [4.78, 5) is 38.0. The predicted molar refractivity (Wildman–Crippen MR) is 112 cm³/mol. The topological polar surface area (TPSA) is 100 Å². The molecule has 0 bridgehead atoms. The number of carbonyl (C=O) groups excluding carboxylic acids is 3. The molecule has 3 aromatic rings. The van der Waals surface area contributed by atoms with Crippen molar-refractivity contribution >= 4 is 23.8 Å². The standard InChI is InChI=1S/C23H19F2N3O4/c1-26-23(31)20(15-9-10-17(24)18(25)12-15)28-22(30)19(13-16-8-5-11-32-16)27-21(29)14-6-3-2-4-7-14/h2-13,20H,1H3,(H,26,31)(H,27,29)(H,28,30). The van der Waals surface area contributed by atoms with E-state index in [4.69, 9.17) is 4.42 Å². The van der Waals surface area contributed by atoms with Crippen molar-refractivity contribution in [1.82, 2.24) is 16.0 Å². The predicted octanol–water partition coefficient (Wildman–Crippen LogP) is 2.93. The highest BCUT2D eigenvalue weighted by Crippen LogP contribution is 2.18. The number of hydrogen-bond acceptors (Lipinski definition) is 4. The fourth-order valence-corrected chi connectivity index (χ4v) is 2.80. The average Bonchev–Trinajstić information content (AvgIpc) is 3.32. The van der Waals surface area contributed by atoms with Crippen LogP contribution in [0.4, 0.5) is 8.78 Å². The minimum Gasteiger partial charge on any atom is -0.465 e. The third-order valence-corrected chi connectivity index (χ3v) is 4.42. The molecule has 9 heteroatoms. The summed E-state index contributed by atoms with van der Waals surface area (Å²) < 4.78 is 32.2. The molecule has 0 saturated carbocycles. The van der Waals surface area contributed by atoms with E-state index in [2.05, 4.69) is 16.0 Å². The van der Waals surface area contributed by atoms with Crippen LogP contribution in [0.15, 0.2) is 77.0 Å². The Morgan fingerprint density at radius 2 is 1.72 bits per heavy atom. The molecule has 0 spiro atoms. The molecule has 0 aliphatic rings. The molecule has 3 rings (SSSR count). The molecule has 1 heterocycles. The molecule has 2 aromatic carbocycles.